The monoisotopic (exact) mass is 430 g/mol. The number of rotatable bonds is 7. The van der Waals surface area contributed by atoms with Crippen molar-refractivity contribution < 1.29 is 19.1 Å². The van der Waals surface area contributed by atoms with Crippen molar-refractivity contribution in [2.75, 3.05) is 20.8 Å². The van der Waals surface area contributed by atoms with E-state index in [2.05, 4.69) is 0 Å². The van der Waals surface area contributed by atoms with Gasteiger partial charge in [0.1, 0.15) is 23.7 Å². The summed E-state index contributed by atoms with van der Waals surface area (Å²) in [5, 5.41) is 0. The third-order valence-electron chi connectivity index (χ3n) is 5.68. The van der Waals surface area contributed by atoms with E-state index in [-0.39, 0.29) is 18.4 Å². The first-order valence-electron chi connectivity index (χ1n) is 10.5. The van der Waals surface area contributed by atoms with Crippen LogP contribution in [0.25, 0.3) is 0 Å². The first-order chi connectivity index (χ1) is 15.6. The third-order valence-corrected chi connectivity index (χ3v) is 5.68. The van der Waals surface area contributed by atoms with Crippen molar-refractivity contribution in [3.63, 3.8) is 0 Å². The molecule has 0 saturated carbocycles. The van der Waals surface area contributed by atoms with E-state index in [0.717, 1.165) is 16.9 Å². The quantitative estimate of drug-likeness (QED) is 0.574. The van der Waals surface area contributed by atoms with Crippen molar-refractivity contribution in [2.45, 2.75) is 18.6 Å². The van der Waals surface area contributed by atoms with Gasteiger partial charge >= 0.3 is 0 Å². The molecule has 0 N–H and O–H groups in total. The number of hydrogen-bond donors (Lipinski definition) is 0. The van der Waals surface area contributed by atoms with Gasteiger partial charge < -0.3 is 19.3 Å². The highest BCUT2D eigenvalue weighted by atomic mass is 16.5. The number of nitrogens with zero attached hydrogens (tertiary/aromatic N) is 2. The summed E-state index contributed by atoms with van der Waals surface area (Å²) < 4.78 is 11.0. The van der Waals surface area contributed by atoms with Gasteiger partial charge in [0.15, 0.2) is 6.61 Å². The number of para-hydroxylation sites is 1. The maximum Gasteiger partial charge on any atom is 0.263 e. The van der Waals surface area contributed by atoms with Gasteiger partial charge in [-0.25, -0.2) is 0 Å². The lowest BCUT2D eigenvalue weighted by Crippen LogP contribution is -2.43. The van der Waals surface area contributed by atoms with E-state index < -0.39 is 12.2 Å². The summed E-state index contributed by atoms with van der Waals surface area (Å²) in [6, 6.07) is 25.7. The predicted molar refractivity (Wildman–Crippen MR) is 121 cm³/mol. The molecular formula is C26H26N2O4. The van der Waals surface area contributed by atoms with Crippen LogP contribution in [0.1, 0.15) is 17.3 Å². The van der Waals surface area contributed by atoms with E-state index in [1.807, 2.05) is 72.8 Å². The van der Waals surface area contributed by atoms with Crippen molar-refractivity contribution in [1.29, 1.82) is 0 Å². The Morgan fingerprint density at radius 1 is 0.875 bits per heavy atom. The van der Waals surface area contributed by atoms with Crippen LogP contribution in [0.3, 0.4) is 0 Å². The predicted octanol–water partition coefficient (Wildman–Crippen LogP) is 3.68. The molecule has 1 saturated heterocycles. The summed E-state index contributed by atoms with van der Waals surface area (Å²) >= 11 is 0. The van der Waals surface area contributed by atoms with E-state index in [4.69, 9.17) is 9.47 Å². The minimum atomic E-state index is -0.620. The summed E-state index contributed by atoms with van der Waals surface area (Å²) in [7, 11) is 3.36. The molecule has 3 aromatic rings. The smallest absolute Gasteiger partial charge is 0.263 e. The second-order valence-corrected chi connectivity index (χ2v) is 7.70. The van der Waals surface area contributed by atoms with Crippen molar-refractivity contribution in [3.8, 4) is 11.5 Å². The highest BCUT2D eigenvalue weighted by Crippen LogP contribution is 2.35. The fourth-order valence-corrected chi connectivity index (χ4v) is 4.06. The number of carbonyl (C=O) groups excluding carboxylic acids is 2. The van der Waals surface area contributed by atoms with E-state index in [1.165, 1.54) is 0 Å². The second kappa shape index (κ2) is 9.56. The minimum Gasteiger partial charge on any atom is -0.497 e. The van der Waals surface area contributed by atoms with Crippen molar-refractivity contribution in [3.05, 3.63) is 96.1 Å². The molecule has 0 bridgehead atoms. The number of carbonyl (C=O) groups is 2. The lowest BCUT2D eigenvalue weighted by atomic mass is 10.0. The van der Waals surface area contributed by atoms with Crippen molar-refractivity contribution in [2.24, 2.45) is 0 Å². The first-order valence-corrected chi connectivity index (χ1v) is 10.5. The van der Waals surface area contributed by atoms with Gasteiger partial charge in [-0.15, -0.1) is 0 Å². The van der Waals surface area contributed by atoms with Crippen LogP contribution < -0.4 is 9.47 Å². The Balaban J connectivity index is 1.62. The fourth-order valence-electron chi connectivity index (χ4n) is 4.06. The first kappa shape index (κ1) is 21.4. The summed E-state index contributed by atoms with van der Waals surface area (Å²) in [4.78, 5) is 30.0. The van der Waals surface area contributed by atoms with Gasteiger partial charge in [0.05, 0.1) is 7.11 Å². The number of benzene rings is 3. The molecule has 164 valence electrons. The number of methoxy groups -OCH3 is 1. The standard InChI is InChI=1S/C26H26N2O4/c1-27-25(20-9-5-3-6-10-20)28(24(29)18-32-22-11-7-4-8-12-22)23(26(27)30)17-19-13-15-21(31-2)16-14-19/h3-16,23,25H,17-18H2,1-2H3. The van der Waals surface area contributed by atoms with Crippen LogP contribution in [0.5, 0.6) is 11.5 Å². The Hall–Kier alpha value is -3.80. The topological polar surface area (TPSA) is 59.1 Å². The molecular weight excluding hydrogens is 404 g/mol. The second-order valence-electron chi connectivity index (χ2n) is 7.70. The highest BCUT2D eigenvalue weighted by molar-refractivity contribution is 5.92. The summed E-state index contributed by atoms with van der Waals surface area (Å²) in [6.07, 6.45) is -0.0769. The SMILES string of the molecule is COc1ccc(CC2C(=O)N(C)C(c3ccccc3)N2C(=O)COc2ccccc2)cc1. The van der Waals surface area contributed by atoms with Crippen LogP contribution in [0.15, 0.2) is 84.9 Å². The van der Waals surface area contributed by atoms with Crippen LogP contribution in [-0.2, 0) is 16.0 Å². The Bertz CT molecular complexity index is 1050. The van der Waals surface area contributed by atoms with E-state index in [0.29, 0.717) is 12.2 Å². The summed E-state index contributed by atoms with van der Waals surface area (Å²) in [5.74, 6) is 1.03. The van der Waals surface area contributed by atoms with Crippen LogP contribution in [0.2, 0.25) is 0 Å². The Kier molecular flexibility index (Phi) is 6.40. The number of amides is 2. The van der Waals surface area contributed by atoms with Gasteiger partial charge in [0.25, 0.3) is 5.91 Å². The zero-order valence-electron chi connectivity index (χ0n) is 18.2. The van der Waals surface area contributed by atoms with Crippen molar-refractivity contribution >= 4 is 11.8 Å². The molecule has 4 rings (SSSR count). The fraction of sp³-hybridized carbons (Fsp3) is 0.231. The zero-order chi connectivity index (χ0) is 22.5. The molecule has 0 aromatic heterocycles. The van der Waals surface area contributed by atoms with Gasteiger partial charge in [-0.2, -0.15) is 0 Å². The molecule has 1 aliphatic heterocycles. The van der Waals surface area contributed by atoms with E-state index >= 15 is 0 Å². The molecule has 2 unspecified atom stereocenters. The molecule has 2 amide bonds. The van der Waals surface area contributed by atoms with Gasteiger partial charge in [0.2, 0.25) is 5.91 Å². The largest absolute Gasteiger partial charge is 0.497 e. The zero-order valence-corrected chi connectivity index (χ0v) is 18.2. The van der Waals surface area contributed by atoms with Crippen LogP contribution in [-0.4, -0.2) is 48.4 Å². The van der Waals surface area contributed by atoms with Crippen molar-refractivity contribution in [1.82, 2.24) is 9.80 Å². The summed E-state index contributed by atoms with van der Waals surface area (Å²) in [5.41, 5.74) is 1.83. The van der Waals surface area contributed by atoms with Gasteiger partial charge in [-0.1, -0.05) is 60.7 Å². The van der Waals surface area contributed by atoms with E-state index in [1.54, 1.807) is 36.1 Å². The molecule has 0 radical (unpaired) electrons. The Morgan fingerprint density at radius 2 is 1.50 bits per heavy atom. The molecule has 0 aliphatic carbocycles. The maximum absolute atomic E-state index is 13.4. The average Bonchev–Trinajstić information content (AvgIpc) is 3.09. The highest BCUT2D eigenvalue weighted by Gasteiger charge is 2.47. The van der Waals surface area contributed by atoms with Gasteiger partial charge in [-0.05, 0) is 35.4 Å². The van der Waals surface area contributed by atoms with Crippen LogP contribution in [0, 0.1) is 0 Å². The molecule has 32 heavy (non-hydrogen) atoms. The minimum absolute atomic E-state index is 0.0947. The number of likely N-dealkylation sites (N-methyl/N-ethyl adjacent to an activating group) is 1. The molecule has 3 aromatic carbocycles. The van der Waals surface area contributed by atoms with E-state index in [9.17, 15) is 9.59 Å². The average molecular weight is 431 g/mol. The lowest BCUT2D eigenvalue weighted by Gasteiger charge is -2.30. The molecule has 0 spiro atoms. The molecule has 1 heterocycles. The lowest BCUT2D eigenvalue weighted by molar-refractivity contribution is -0.138. The van der Waals surface area contributed by atoms with Gasteiger partial charge in [-0.3, -0.25) is 9.59 Å². The van der Waals surface area contributed by atoms with Crippen LogP contribution in [0.4, 0.5) is 0 Å². The summed E-state index contributed by atoms with van der Waals surface area (Å²) in [6.45, 7) is -0.145. The molecule has 1 aliphatic rings. The number of ether oxygens (including phenoxy) is 2. The maximum atomic E-state index is 13.4. The van der Waals surface area contributed by atoms with Crippen LogP contribution >= 0.6 is 0 Å². The Labute approximate surface area is 188 Å². The normalized spacial score (nSPS) is 18.0. The molecule has 6 heteroatoms. The molecule has 6 nitrogen and oxygen atoms in total. The van der Waals surface area contributed by atoms with Gasteiger partial charge in [0, 0.05) is 13.5 Å². The molecule has 2 atom stereocenters. The number of hydrogen-bond acceptors (Lipinski definition) is 4. The Morgan fingerprint density at radius 3 is 2.12 bits per heavy atom. The third kappa shape index (κ3) is 4.44. The molecule has 1 fully saturated rings.